The van der Waals surface area contributed by atoms with Crippen molar-refractivity contribution in [2.45, 2.75) is 51.4 Å². The molecule has 0 aromatic heterocycles. The molecule has 0 fully saturated rings. The highest BCUT2D eigenvalue weighted by molar-refractivity contribution is 5.75. The summed E-state index contributed by atoms with van der Waals surface area (Å²) in [6.07, 6.45) is 8.79. The van der Waals surface area contributed by atoms with E-state index in [9.17, 15) is 4.79 Å². The standard InChI is InChI=1S/C14H31N3O/c1-15-11-7-3-4-9-13-17-14(18)10-6-5-8-12-16-2/h15-16H,3-13H2,1-2H3,(H,17,18). The average Bonchev–Trinajstić information content (AvgIpc) is 2.37. The Morgan fingerprint density at radius 2 is 1.22 bits per heavy atom. The maximum atomic E-state index is 11.5. The van der Waals surface area contributed by atoms with Crippen LogP contribution in [0, 0.1) is 0 Å². The summed E-state index contributed by atoms with van der Waals surface area (Å²) in [6, 6.07) is 0. The summed E-state index contributed by atoms with van der Waals surface area (Å²) >= 11 is 0. The van der Waals surface area contributed by atoms with Crippen molar-refractivity contribution in [2.75, 3.05) is 33.7 Å². The molecule has 18 heavy (non-hydrogen) atoms. The van der Waals surface area contributed by atoms with E-state index in [1.54, 1.807) is 0 Å². The summed E-state index contributed by atoms with van der Waals surface area (Å²) in [4.78, 5) is 11.5. The SMILES string of the molecule is CNCCCCCCNC(=O)CCCCCNC. The molecule has 0 heterocycles. The van der Waals surface area contributed by atoms with Gasteiger partial charge in [0.05, 0.1) is 0 Å². The third kappa shape index (κ3) is 13.5. The van der Waals surface area contributed by atoms with Gasteiger partial charge in [-0.1, -0.05) is 19.3 Å². The Morgan fingerprint density at radius 3 is 1.78 bits per heavy atom. The monoisotopic (exact) mass is 257 g/mol. The third-order valence-corrected chi connectivity index (χ3v) is 3.01. The number of amides is 1. The molecule has 0 aliphatic rings. The van der Waals surface area contributed by atoms with Gasteiger partial charge in [-0.05, 0) is 52.9 Å². The summed E-state index contributed by atoms with van der Waals surface area (Å²) in [5, 5.41) is 9.25. The molecule has 0 spiro atoms. The molecular formula is C14H31N3O. The highest BCUT2D eigenvalue weighted by atomic mass is 16.1. The summed E-state index contributed by atoms with van der Waals surface area (Å²) in [5.41, 5.74) is 0. The summed E-state index contributed by atoms with van der Waals surface area (Å²) in [6.45, 7) is 2.99. The van der Waals surface area contributed by atoms with Gasteiger partial charge in [-0.2, -0.15) is 0 Å². The average molecular weight is 257 g/mol. The van der Waals surface area contributed by atoms with Gasteiger partial charge in [0.25, 0.3) is 0 Å². The van der Waals surface area contributed by atoms with E-state index in [2.05, 4.69) is 16.0 Å². The van der Waals surface area contributed by atoms with Crippen LogP contribution in [0.25, 0.3) is 0 Å². The molecule has 0 aromatic rings. The van der Waals surface area contributed by atoms with Gasteiger partial charge in [-0.3, -0.25) is 4.79 Å². The zero-order chi connectivity index (χ0) is 13.5. The van der Waals surface area contributed by atoms with Gasteiger partial charge in [0.2, 0.25) is 5.91 Å². The molecule has 0 unspecified atom stereocenters. The topological polar surface area (TPSA) is 53.2 Å². The van der Waals surface area contributed by atoms with Crippen LogP contribution >= 0.6 is 0 Å². The molecule has 0 rings (SSSR count). The zero-order valence-corrected chi connectivity index (χ0v) is 12.2. The van der Waals surface area contributed by atoms with Crippen molar-refractivity contribution in [3.05, 3.63) is 0 Å². The fourth-order valence-corrected chi connectivity index (χ4v) is 1.86. The number of nitrogens with one attached hydrogen (secondary N) is 3. The fraction of sp³-hybridized carbons (Fsp3) is 0.929. The van der Waals surface area contributed by atoms with Gasteiger partial charge in [0, 0.05) is 13.0 Å². The first-order valence-corrected chi connectivity index (χ1v) is 7.37. The largest absolute Gasteiger partial charge is 0.356 e. The quantitative estimate of drug-likeness (QED) is 0.440. The molecule has 4 heteroatoms. The molecule has 3 N–H and O–H groups in total. The third-order valence-electron chi connectivity index (χ3n) is 3.01. The van der Waals surface area contributed by atoms with Crippen LogP contribution in [-0.2, 0) is 4.79 Å². The number of hydrogen-bond donors (Lipinski definition) is 3. The minimum Gasteiger partial charge on any atom is -0.356 e. The minimum atomic E-state index is 0.217. The van der Waals surface area contributed by atoms with E-state index in [-0.39, 0.29) is 5.91 Å². The van der Waals surface area contributed by atoms with Crippen LogP contribution in [-0.4, -0.2) is 39.6 Å². The Morgan fingerprint density at radius 1 is 0.722 bits per heavy atom. The Hall–Kier alpha value is -0.610. The number of hydrogen-bond acceptors (Lipinski definition) is 3. The lowest BCUT2D eigenvalue weighted by atomic mass is 10.1. The molecule has 0 aliphatic heterocycles. The summed E-state index contributed by atoms with van der Waals surface area (Å²) < 4.78 is 0. The van der Waals surface area contributed by atoms with Crippen molar-refractivity contribution in [1.82, 2.24) is 16.0 Å². The van der Waals surface area contributed by atoms with E-state index in [1.807, 2.05) is 14.1 Å². The zero-order valence-electron chi connectivity index (χ0n) is 12.2. The second-order valence-electron chi connectivity index (χ2n) is 4.78. The minimum absolute atomic E-state index is 0.217. The van der Waals surface area contributed by atoms with Crippen LogP contribution < -0.4 is 16.0 Å². The molecule has 0 bridgehead atoms. The van der Waals surface area contributed by atoms with Gasteiger partial charge in [-0.15, -0.1) is 0 Å². The Balaban J connectivity index is 3.12. The first-order chi connectivity index (χ1) is 8.81. The number of rotatable bonds is 13. The molecule has 0 aromatic carbocycles. The van der Waals surface area contributed by atoms with Crippen molar-refractivity contribution < 1.29 is 4.79 Å². The van der Waals surface area contributed by atoms with Crippen molar-refractivity contribution >= 4 is 5.91 Å². The molecule has 1 amide bonds. The second-order valence-corrected chi connectivity index (χ2v) is 4.78. The normalized spacial score (nSPS) is 10.6. The van der Waals surface area contributed by atoms with E-state index in [0.717, 1.165) is 45.3 Å². The maximum Gasteiger partial charge on any atom is 0.219 e. The van der Waals surface area contributed by atoms with Gasteiger partial charge in [0.1, 0.15) is 0 Å². The fourth-order valence-electron chi connectivity index (χ4n) is 1.86. The van der Waals surface area contributed by atoms with E-state index in [0.29, 0.717) is 6.42 Å². The van der Waals surface area contributed by atoms with Crippen molar-refractivity contribution in [3.63, 3.8) is 0 Å². The molecule has 108 valence electrons. The van der Waals surface area contributed by atoms with Crippen LogP contribution in [0.5, 0.6) is 0 Å². The van der Waals surface area contributed by atoms with Crippen LogP contribution in [0.3, 0.4) is 0 Å². The Kier molecular flexibility index (Phi) is 14.0. The van der Waals surface area contributed by atoms with Gasteiger partial charge in [0.15, 0.2) is 0 Å². The summed E-state index contributed by atoms with van der Waals surface area (Å²) in [5.74, 6) is 0.217. The molecule has 0 saturated carbocycles. The Labute approximate surface area is 112 Å². The number of carbonyl (C=O) groups excluding carboxylic acids is 1. The second kappa shape index (κ2) is 14.5. The number of unbranched alkanes of at least 4 members (excludes halogenated alkanes) is 5. The number of carbonyl (C=O) groups is 1. The highest BCUT2D eigenvalue weighted by Crippen LogP contribution is 2.00. The Bertz CT molecular complexity index is 186. The van der Waals surface area contributed by atoms with E-state index in [1.165, 1.54) is 19.3 Å². The van der Waals surface area contributed by atoms with Crippen molar-refractivity contribution in [2.24, 2.45) is 0 Å². The van der Waals surface area contributed by atoms with Crippen LogP contribution in [0.4, 0.5) is 0 Å². The van der Waals surface area contributed by atoms with Crippen molar-refractivity contribution in [1.29, 1.82) is 0 Å². The van der Waals surface area contributed by atoms with Gasteiger partial charge >= 0.3 is 0 Å². The molecule has 4 nitrogen and oxygen atoms in total. The smallest absolute Gasteiger partial charge is 0.219 e. The molecule has 0 saturated heterocycles. The van der Waals surface area contributed by atoms with Gasteiger partial charge < -0.3 is 16.0 Å². The lowest BCUT2D eigenvalue weighted by Crippen LogP contribution is -2.24. The van der Waals surface area contributed by atoms with E-state index >= 15 is 0 Å². The molecular weight excluding hydrogens is 226 g/mol. The lowest BCUT2D eigenvalue weighted by Gasteiger charge is -2.05. The van der Waals surface area contributed by atoms with Crippen molar-refractivity contribution in [3.8, 4) is 0 Å². The predicted octanol–water partition coefficient (Wildman–Crippen LogP) is 1.66. The maximum absolute atomic E-state index is 11.5. The van der Waals surface area contributed by atoms with Crippen LogP contribution in [0.15, 0.2) is 0 Å². The van der Waals surface area contributed by atoms with E-state index in [4.69, 9.17) is 0 Å². The van der Waals surface area contributed by atoms with E-state index < -0.39 is 0 Å². The molecule has 0 atom stereocenters. The predicted molar refractivity (Wildman–Crippen MR) is 77.8 cm³/mol. The van der Waals surface area contributed by atoms with Gasteiger partial charge in [-0.25, -0.2) is 0 Å². The lowest BCUT2D eigenvalue weighted by molar-refractivity contribution is -0.121. The molecule has 0 aliphatic carbocycles. The molecule has 0 radical (unpaired) electrons. The highest BCUT2D eigenvalue weighted by Gasteiger charge is 1.99. The summed E-state index contributed by atoms with van der Waals surface area (Å²) in [7, 11) is 3.94. The first-order valence-electron chi connectivity index (χ1n) is 7.37. The van der Waals surface area contributed by atoms with Crippen LogP contribution in [0.2, 0.25) is 0 Å². The van der Waals surface area contributed by atoms with Crippen LogP contribution in [0.1, 0.15) is 51.4 Å². The first kappa shape index (κ1) is 17.4.